The van der Waals surface area contributed by atoms with Crippen molar-refractivity contribution in [1.82, 2.24) is 5.32 Å². The third-order valence-corrected chi connectivity index (χ3v) is 2.47. The Balaban J connectivity index is 2.12. The summed E-state index contributed by atoms with van der Waals surface area (Å²) in [5.41, 5.74) is 1.06. The molecule has 0 amide bonds. The van der Waals surface area contributed by atoms with E-state index in [2.05, 4.69) is 12.2 Å². The van der Waals surface area contributed by atoms with E-state index >= 15 is 0 Å². The molecule has 0 radical (unpaired) electrons. The molecule has 0 atom stereocenters. The minimum Gasteiger partial charge on any atom is -0.467 e. The van der Waals surface area contributed by atoms with Crippen molar-refractivity contribution in [3.63, 3.8) is 0 Å². The lowest BCUT2D eigenvalue weighted by atomic mass is 10.2. The molecule has 1 aromatic rings. The lowest BCUT2D eigenvalue weighted by Gasteiger charge is -2.19. The maximum atomic E-state index is 5.57. The standard InChI is InChI=1S/C15H27NO3/c1-5-6-16-10-13-9-14(18-11-13)12-17-7-8-19-15(2,3)4/h9,11,16H,5-8,10,12H2,1-4H3. The normalized spacial score (nSPS) is 12.0. The molecule has 0 aliphatic carbocycles. The van der Waals surface area contributed by atoms with E-state index in [-0.39, 0.29) is 5.60 Å². The Bertz CT molecular complexity index is 341. The molecule has 0 aromatic carbocycles. The van der Waals surface area contributed by atoms with Gasteiger partial charge >= 0.3 is 0 Å². The second-order valence-corrected chi connectivity index (χ2v) is 5.61. The van der Waals surface area contributed by atoms with E-state index in [4.69, 9.17) is 13.9 Å². The second kappa shape index (κ2) is 8.35. The highest BCUT2D eigenvalue weighted by molar-refractivity contribution is 5.11. The molecule has 1 aromatic heterocycles. The minimum atomic E-state index is -0.105. The fourth-order valence-electron chi connectivity index (χ4n) is 1.58. The van der Waals surface area contributed by atoms with Crippen molar-refractivity contribution < 1.29 is 13.9 Å². The summed E-state index contributed by atoms with van der Waals surface area (Å²) in [6, 6.07) is 2.03. The van der Waals surface area contributed by atoms with Crippen LogP contribution in [-0.4, -0.2) is 25.4 Å². The number of ether oxygens (including phenoxy) is 2. The average molecular weight is 269 g/mol. The van der Waals surface area contributed by atoms with Gasteiger partial charge in [-0.1, -0.05) is 6.92 Å². The van der Waals surface area contributed by atoms with E-state index in [9.17, 15) is 0 Å². The predicted octanol–water partition coefficient (Wildman–Crippen LogP) is 3.11. The predicted molar refractivity (Wildman–Crippen MR) is 76.1 cm³/mol. The molecule has 0 bridgehead atoms. The van der Waals surface area contributed by atoms with Crippen LogP contribution in [0.2, 0.25) is 0 Å². The third-order valence-electron chi connectivity index (χ3n) is 2.47. The van der Waals surface area contributed by atoms with Crippen LogP contribution < -0.4 is 5.32 Å². The van der Waals surface area contributed by atoms with Crippen LogP contribution in [0.5, 0.6) is 0 Å². The Morgan fingerprint density at radius 1 is 1.26 bits per heavy atom. The van der Waals surface area contributed by atoms with Gasteiger partial charge in [0.25, 0.3) is 0 Å². The van der Waals surface area contributed by atoms with Crippen LogP contribution in [0.3, 0.4) is 0 Å². The Kier molecular flexibility index (Phi) is 7.13. The van der Waals surface area contributed by atoms with Crippen molar-refractivity contribution in [3.05, 3.63) is 23.7 Å². The first-order chi connectivity index (χ1) is 9.01. The number of hydrogen-bond acceptors (Lipinski definition) is 4. The lowest BCUT2D eigenvalue weighted by molar-refractivity contribution is -0.0394. The number of nitrogens with one attached hydrogen (secondary N) is 1. The maximum absolute atomic E-state index is 5.57. The first-order valence-corrected chi connectivity index (χ1v) is 7.00. The fourth-order valence-corrected chi connectivity index (χ4v) is 1.58. The van der Waals surface area contributed by atoms with Gasteiger partial charge in [-0.25, -0.2) is 0 Å². The Labute approximate surface area is 116 Å². The van der Waals surface area contributed by atoms with Crippen LogP contribution in [0.1, 0.15) is 45.4 Å². The van der Waals surface area contributed by atoms with E-state index in [0.717, 1.165) is 30.8 Å². The smallest absolute Gasteiger partial charge is 0.129 e. The van der Waals surface area contributed by atoms with Gasteiger partial charge in [-0.2, -0.15) is 0 Å². The molecular formula is C15H27NO3. The molecule has 0 aliphatic heterocycles. The van der Waals surface area contributed by atoms with Crippen LogP contribution in [-0.2, 0) is 22.6 Å². The van der Waals surface area contributed by atoms with Crippen molar-refractivity contribution in [2.75, 3.05) is 19.8 Å². The fraction of sp³-hybridized carbons (Fsp3) is 0.733. The maximum Gasteiger partial charge on any atom is 0.129 e. The van der Waals surface area contributed by atoms with Gasteiger partial charge in [-0.3, -0.25) is 0 Å². The minimum absolute atomic E-state index is 0.105. The SMILES string of the molecule is CCCNCc1coc(COCCOC(C)(C)C)c1. The topological polar surface area (TPSA) is 43.6 Å². The van der Waals surface area contributed by atoms with Gasteiger partial charge in [0.15, 0.2) is 0 Å². The van der Waals surface area contributed by atoms with Crippen molar-refractivity contribution in [3.8, 4) is 0 Å². The van der Waals surface area contributed by atoms with Gasteiger partial charge in [0, 0.05) is 12.1 Å². The molecule has 0 fully saturated rings. The zero-order valence-electron chi connectivity index (χ0n) is 12.6. The summed E-state index contributed by atoms with van der Waals surface area (Å²) in [6.07, 6.45) is 2.93. The van der Waals surface area contributed by atoms with Gasteiger partial charge in [0.1, 0.15) is 12.4 Å². The van der Waals surface area contributed by atoms with Crippen LogP contribution in [0.4, 0.5) is 0 Å². The molecule has 0 saturated carbocycles. The zero-order chi connectivity index (χ0) is 14.1. The van der Waals surface area contributed by atoms with Crippen molar-refractivity contribution in [1.29, 1.82) is 0 Å². The van der Waals surface area contributed by atoms with Gasteiger partial charge in [0.05, 0.1) is 25.1 Å². The summed E-state index contributed by atoms with van der Waals surface area (Å²) < 4.78 is 16.5. The van der Waals surface area contributed by atoms with Crippen LogP contribution in [0.25, 0.3) is 0 Å². The molecular weight excluding hydrogens is 242 g/mol. The Morgan fingerprint density at radius 2 is 2.05 bits per heavy atom. The monoisotopic (exact) mass is 269 g/mol. The average Bonchev–Trinajstić information content (AvgIpc) is 2.75. The van der Waals surface area contributed by atoms with Crippen LogP contribution in [0.15, 0.2) is 16.7 Å². The number of hydrogen-bond donors (Lipinski definition) is 1. The van der Waals surface area contributed by atoms with Gasteiger partial charge in [-0.05, 0) is 39.8 Å². The van der Waals surface area contributed by atoms with E-state index in [1.807, 2.05) is 26.8 Å². The molecule has 0 saturated heterocycles. The summed E-state index contributed by atoms with van der Waals surface area (Å²) in [5, 5.41) is 3.34. The number of rotatable bonds is 9. The van der Waals surface area contributed by atoms with Gasteiger partial charge in [-0.15, -0.1) is 0 Å². The van der Waals surface area contributed by atoms with E-state index in [1.54, 1.807) is 6.26 Å². The highest BCUT2D eigenvalue weighted by Gasteiger charge is 2.09. The summed E-state index contributed by atoms with van der Waals surface area (Å²) in [6.45, 7) is 11.8. The van der Waals surface area contributed by atoms with E-state index in [1.165, 1.54) is 0 Å². The molecule has 0 unspecified atom stereocenters. The largest absolute Gasteiger partial charge is 0.467 e. The van der Waals surface area contributed by atoms with Gasteiger partial charge < -0.3 is 19.2 Å². The molecule has 4 nitrogen and oxygen atoms in total. The third kappa shape index (κ3) is 8.03. The zero-order valence-corrected chi connectivity index (χ0v) is 12.6. The lowest BCUT2D eigenvalue weighted by Crippen LogP contribution is -2.21. The molecule has 4 heteroatoms. The van der Waals surface area contributed by atoms with Crippen LogP contribution in [0, 0.1) is 0 Å². The Morgan fingerprint density at radius 3 is 2.74 bits per heavy atom. The van der Waals surface area contributed by atoms with E-state index < -0.39 is 0 Å². The molecule has 110 valence electrons. The first-order valence-electron chi connectivity index (χ1n) is 7.00. The van der Waals surface area contributed by atoms with Gasteiger partial charge in [0.2, 0.25) is 0 Å². The molecule has 1 rings (SSSR count). The molecule has 0 spiro atoms. The Hall–Kier alpha value is -0.840. The van der Waals surface area contributed by atoms with Crippen LogP contribution >= 0.6 is 0 Å². The highest BCUT2D eigenvalue weighted by Crippen LogP contribution is 2.09. The van der Waals surface area contributed by atoms with Crippen molar-refractivity contribution in [2.45, 2.75) is 52.9 Å². The molecule has 0 aliphatic rings. The highest BCUT2D eigenvalue weighted by atomic mass is 16.5. The summed E-state index contributed by atoms with van der Waals surface area (Å²) in [5.74, 6) is 0.865. The summed E-state index contributed by atoms with van der Waals surface area (Å²) >= 11 is 0. The molecule has 1 N–H and O–H groups in total. The first kappa shape index (κ1) is 16.2. The van der Waals surface area contributed by atoms with E-state index in [0.29, 0.717) is 19.8 Å². The molecule has 1 heterocycles. The summed E-state index contributed by atoms with van der Waals surface area (Å²) in [4.78, 5) is 0. The van der Waals surface area contributed by atoms with Crippen molar-refractivity contribution in [2.24, 2.45) is 0 Å². The quantitative estimate of drug-likeness (QED) is 0.700. The molecule has 19 heavy (non-hydrogen) atoms. The summed E-state index contributed by atoms with van der Waals surface area (Å²) in [7, 11) is 0. The second-order valence-electron chi connectivity index (χ2n) is 5.61. The number of furan rings is 1. The van der Waals surface area contributed by atoms with Crippen molar-refractivity contribution >= 4 is 0 Å².